The molecule has 2 N–H and O–H groups in total. The number of hydrogen-bond donors (Lipinski definition) is 2. The molecule has 0 radical (unpaired) electrons. The molecule has 2 aliphatic rings. The van der Waals surface area contributed by atoms with Gasteiger partial charge in [0, 0.05) is 22.9 Å². The summed E-state index contributed by atoms with van der Waals surface area (Å²) in [4.78, 5) is 0.0932. The molecule has 0 bridgehead atoms. The summed E-state index contributed by atoms with van der Waals surface area (Å²) >= 11 is 2.32. The Hall–Kier alpha value is 0.270. The lowest BCUT2D eigenvalue weighted by molar-refractivity contribution is 0.290. The fourth-order valence-electron chi connectivity index (χ4n) is 5.76. The SMILES string of the molecule is CC(C)NC1CCCCCC(C)(C2CCCCCCCC2)SC1(C)NC(C)C. The van der Waals surface area contributed by atoms with Crippen LogP contribution in [0.4, 0.5) is 0 Å². The van der Waals surface area contributed by atoms with Gasteiger partial charge in [-0.15, -0.1) is 11.8 Å². The molecule has 1 saturated heterocycles. The fourth-order valence-corrected chi connectivity index (χ4v) is 8.00. The van der Waals surface area contributed by atoms with Crippen molar-refractivity contribution in [3.05, 3.63) is 0 Å². The van der Waals surface area contributed by atoms with E-state index in [1.165, 1.54) is 83.5 Å². The lowest BCUT2D eigenvalue weighted by Gasteiger charge is -2.48. The number of hydrogen-bond acceptors (Lipinski definition) is 3. The number of rotatable bonds is 5. The monoisotopic (exact) mass is 410 g/mol. The largest absolute Gasteiger partial charge is 0.309 e. The van der Waals surface area contributed by atoms with E-state index in [2.05, 4.69) is 63.9 Å². The molecule has 0 aromatic carbocycles. The fraction of sp³-hybridized carbons (Fsp3) is 1.00. The summed E-state index contributed by atoms with van der Waals surface area (Å²) in [5.41, 5.74) is 0. The molecular formula is C25H50N2S. The van der Waals surface area contributed by atoms with Crippen LogP contribution in [0, 0.1) is 5.92 Å². The zero-order valence-electron chi connectivity index (χ0n) is 19.9. The van der Waals surface area contributed by atoms with Crippen LogP contribution in [-0.4, -0.2) is 27.7 Å². The van der Waals surface area contributed by atoms with E-state index in [9.17, 15) is 0 Å². The van der Waals surface area contributed by atoms with Crippen LogP contribution < -0.4 is 10.6 Å². The highest BCUT2D eigenvalue weighted by Crippen LogP contribution is 2.50. The highest BCUT2D eigenvalue weighted by Gasteiger charge is 2.45. The van der Waals surface area contributed by atoms with Crippen molar-refractivity contribution in [2.75, 3.05) is 0 Å². The van der Waals surface area contributed by atoms with Crippen molar-refractivity contribution in [2.24, 2.45) is 5.92 Å². The third-order valence-electron chi connectivity index (χ3n) is 7.10. The average Bonchev–Trinajstić information content (AvgIpc) is 2.75. The maximum absolute atomic E-state index is 4.04. The predicted octanol–water partition coefficient (Wildman–Crippen LogP) is 7.27. The molecule has 0 aromatic rings. The van der Waals surface area contributed by atoms with Crippen LogP contribution in [0.1, 0.15) is 125 Å². The maximum Gasteiger partial charge on any atom is 0.0779 e. The summed E-state index contributed by atoms with van der Waals surface area (Å²) in [6.45, 7) is 14.4. The Morgan fingerprint density at radius 1 is 0.714 bits per heavy atom. The first-order chi connectivity index (χ1) is 13.3. The highest BCUT2D eigenvalue weighted by atomic mass is 32.2. The van der Waals surface area contributed by atoms with Gasteiger partial charge >= 0.3 is 0 Å². The summed E-state index contributed by atoms with van der Waals surface area (Å²) < 4.78 is 0.391. The Morgan fingerprint density at radius 2 is 1.25 bits per heavy atom. The Labute approximate surface area is 181 Å². The van der Waals surface area contributed by atoms with Crippen LogP contribution in [0.3, 0.4) is 0 Å². The second kappa shape index (κ2) is 11.6. The first kappa shape index (κ1) is 24.5. The zero-order chi connectivity index (χ0) is 20.6. The quantitative estimate of drug-likeness (QED) is 0.498. The van der Waals surface area contributed by atoms with E-state index in [1.807, 2.05) is 0 Å². The molecule has 2 fully saturated rings. The van der Waals surface area contributed by atoms with Gasteiger partial charge in [0.25, 0.3) is 0 Å². The van der Waals surface area contributed by atoms with Crippen LogP contribution >= 0.6 is 11.8 Å². The van der Waals surface area contributed by atoms with Gasteiger partial charge in [-0.2, -0.15) is 0 Å². The summed E-state index contributed by atoms with van der Waals surface area (Å²) in [6, 6.07) is 1.59. The molecule has 0 aromatic heterocycles. The molecule has 1 heterocycles. The zero-order valence-corrected chi connectivity index (χ0v) is 20.7. The first-order valence-electron chi connectivity index (χ1n) is 12.5. The normalized spacial score (nSPS) is 34.9. The van der Waals surface area contributed by atoms with E-state index in [4.69, 9.17) is 0 Å². The van der Waals surface area contributed by atoms with Gasteiger partial charge in [0.1, 0.15) is 0 Å². The van der Waals surface area contributed by atoms with Crippen LogP contribution in [0.5, 0.6) is 0 Å². The molecule has 28 heavy (non-hydrogen) atoms. The molecule has 3 heteroatoms. The topological polar surface area (TPSA) is 24.1 Å². The minimum atomic E-state index is 0.0932. The molecule has 3 atom stereocenters. The van der Waals surface area contributed by atoms with Crippen molar-refractivity contribution in [1.82, 2.24) is 10.6 Å². The molecule has 2 nitrogen and oxygen atoms in total. The third kappa shape index (κ3) is 7.51. The van der Waals surface area contributed by atoms with Gasteiger partial charge < -0.3 is 5.32 Å². The van der Waals surface area contributed by atoms with E-state index in [0.29, 0.717) is 22.9 Å². The van der Waals surface area contributed by atoms with E-state index in [-0.39, 0.29) is 4.87 Å². The van der Waals surface area contributed by atoms with E-state index in [0.717, 1.165) is 5.92 Å². The second-order valence-electron chi connectivity index (χ2n) is 10.7. The van der Waals surface area contributed by atoms with Gasteiger partial charge in [0.15, 0.2) is 0 Å². The maximum atomic E-state index is 4.04. The van der Waals surface area contributed by atoms with Gasteiger partial charge in [-0.1, -0.05) is 78.6 Å². The second-order valence-corrected chi connectivity index (χ2v) is 12.7. The number of nitrogens with one attached hydrogen (secondary N) is 2. The molecular weight excluding hydrogens is 360 g/mol. The minimum absolute atomic E-state index is 0.0932. The van der Waals surface area contributed by atoms with Crippen LogP contribution in [0.15, 0.2) is 0 Å². The average molecular weight is 411 g/mol. The Bertz CT molecular complexity index is 428. The molecule has 1 saturated carbocycles. The Morgan fingerprint density at radius 3 is 1.82 bits per heavy atom. The lowest BCUT2D eigenvalue weighted by atomic mass is 9.81. The summed E-state index contributed by atoms with van der Waals surface area (Å²) in [5, 5.41) is 8.01. The smallest absolute Gasteiger partial charge is 0.0779 e. The Balaban J connectivity index is 2.29. The van der Waals surface area contributed by atoms with Crippen molar-refractivity contribution in [3.63, 3.8) is 0 Å². The third-order valence-corrected chi connectivity index (χ3v) is 8.93. The van der Waals surface area contributed by atoms with E-state index < -0.39 is 0 Å². The standard InChI is InChI=1S/C25H50N2S/c1-20(2)26-23-18-14-11-15-19-24(5,28-25(23,6)27-21(3)4)22-16-12-9-7-8-10-13-17-22/h20-23,26-27H,7-19H2,1-6H3. The van der Waals surface area contributed by atoms with Crippen LogP contribution in [-0.2, 0) is 0 Å². The summed E-state index contributed by atoms with van der Waals surface area (Å²) in [5.74, 6) is 0.877. The minimum Gasteiger partial charge on any atom is -0.309 e. The van der Waals surface area contributed by atoms with Gasteiger partial charge in [-0.25, -0.2) is 0 Å². The van der Waals surface area contributed by atoms with Crippen molar-refractivity contribution < 1.29 is 0 Å². The van der Waals surface area contributed by atoms with Gasteiger partial charge in [0.2, 0.25) is 0 Å². The van der Waals surface area contributed by atoms with Gasteiger partial charge in [-0.05, 0) is 52.4 Å². The predicted molar refractivity (Wildman–Crippen MR) is 128 cm³/mol. The van der Waals surface area contributed by atoms with E-state index in [1.54, 1.807) is 0 Å². The van der Waals surface area contributed by atoms with Crippen LogP contribution in [0.25, 0.3) is 0 Å². The molecule has 2 rings (SSSR count). The lowest BCUT2D eigenvalue weighted by Crippen LogP contribution is -2.60. The Kier molecular flexibility index (Phi) is 10.2. The summed E-state index contributed by atoms with van der Waals surface area (Å²) in [6.07, 6.45) is 18.5. The molecule has 0 amide bonds. The molecule has 0 spiro atoms. The summed E-state index contributed by atoms with van der Waals surface area (Å²) in [7, 11) is 0. The molecule has 1 aliphatic heterocycles. The highest BCUT2D eigenvalue weighted by molar-refractivity contribution is 8.02. The van der Waals surface area contributed by atoms with E-state index >= 15 is 0 Å². The van der Waals surface area contributed by atoms with Crippen LogP contribution in [0.2, 0.25) is 0 Å². The van der Waals surface area contributed by atoms with Crippen molar-refractivity contribution in [2.45, 2.75) is 153 Å². The molecule has 1 aliphatic carbocycles. The van der Waals surface area contributed by atoms with Crippen molar-refractivity contribution in [1.29, 1.82) is 0 Å². The molecule has 166 valence electrons. The van der Waals surface area contributed by atoms with Crippen molar-refractivity contribution in [3.8, 4) is 0 Å². The first-order valence-corrected chi connectivity index (χ1v) is 13.3. The van der Waals surface area contributed by atoms with Gasteiger partial charge in [-0.3, -0.25) is 5.32 Å². The van der Waals surface area contributed by atoms with Crippen molar-refractivity contribution >= 4 is 11.8 Å². The molecule has 3 unspecified atom stereocenters. The van der Waals surface area contributed by atoms with Gasteiger partial charge in [0.05, 0.1) is 4.87 Å². The number of thioether (sulfide) groups is 1.